The van der Waals surface area contributed by atoms with Gasteiger partial charge in [-0.25, -0.2) is 0 Å². The average molecular weight is 516 g/mol. The Morgan fingerprint density at radius 3 is 2.09 bits per heavy atom. The van der Waals surface area contributed by atoms with Crippen molar-refractivity contribution in [2.45, 2.75) is 76.1 Å². The maximum Gasteiger partial charge on any atom is -1.00 e. The molecule has 0 amide bonds. The molecule has 3 aliphatic rings. The SMILES string of the molecule is CC(C)(C)c1ccc2c(c1)[CH]([Ti+2])c1c(C3=CC=CC3)c(C(C)(C)C)c3c(c1-2)[Si]3(C)C.[Cl-].[Cl-]. The summed E-state index contributed by atoms with van der Waals surface area (Å²) in [6, 6.07) is 7.35. The Hall–Kier alpha value is -0.569. The van der Waals surface area contributed by atoms with Crippen LogP contribution >= 0.6 is 0 Å². The first-order chi connectivity index (χ1) is 13.8. The van der Waals surface area contributed by atoms with Gasteiger partial charge in [0.1, 0.15) is 0 Å². The van der Waals surface area contributed by atoms with E-state index < -0.39 is 8.07 Å². The van der Waals surface area contributed by atoms with E-state index in [0.717, 1.165) is 6.42 Å². The van der Waals surface area contributed by atoms with Crippen molar-refractivity contribution in [1.29, 1.82) is 0 Å². The Labute approximate surface area is 219 Å². The molecule has 2 aliphatic carbocycles. The fourth-order valence-corrected chi connectivity index (χ4v) is 10.6. The van der Waals surface area contributed by atoms with Crippen molar-refractivity contribution in [1.82, 2.24) is 0 Å². The molecule has 2 aromatic rings. The Bertz CT molecular complexity index is 1170. The van der Waals surface area contributed by atoms with Crippen molar-refractivity contribution in [2.75, 3.05) is 0 Å². The van der Waals surface area contributed by atoms with Crippen LogP contribution in [-0.2, 0) is 31.3 Å². The Morgan fingerprint density at radius 1 is 0.906 bits per heavy atom. The van der Waals surface area contributed by atoms with Gasteiger partial charge in [-0.3, -0.25) is 0 Å². The minimum atomic E-state index is -1.49. The van der Waals surface area contributed by atoms with Crippen LogP contribution < -0.4 is 35.2 Å². The summed E-state index contributed by atoms with van der Waals surface area (Å²) in [6.07, 6.45) is 8.04. The normalized spacial score (nSPS) is 19.4. The standard InChI is InChI=1S/C28H33Si.2ClH.Ti/c1-27(2,3)19-13-14-20-18(15-19)16-21-22(17-11-9-10-12-17)24(28(4,5)6)26-25(23(20)21)29(26,7)8;;;/h9-11,13-16H,12H2,1-8H3;2*1H;/q;;;+2/p-2. The summed E-state index contributed by atoms with van der Waals surface area (Å²) in [7, 11) is -1.49. The number of rotatable bonds is 1. The third-order valence-corrected chi connectivity index (χ3v) is 11.5. The van der Waals surface area contributed by atoms with Crippen LogP contribution in [0.2, 0.25) is 13.1 Å². The van der Waals surface area contributed by atoms with Crippen LogP contribution in [0.1, 0.15) is 80.0 Å². The van der Waals surface area contributed by atoms with Gasteiger partial charge in [0.15, 0.2) is 0 Å². The van der Waals surface area contributed by atoms with E-state index in [4.69, 9.17) is 0 Å². The van der Waals surface area contributed by atoms with Gasteiger partial charge in [0.2, 0.25) is 0 Å². The molecule has 32 heavy (non-hydrogen) atoms. The predicted molar refractivity (Wildman–Crippen MR) is 130 cm³/mol. The number of hydrogen-bond acceptors (Lipinski definition) is 0. The van der Waals surface area contributed by atoms with E-state index in [0.29, 0.717) is 4.22 Å². The summed E-state index contributed by atoms with van der Waals surface area (Å²) < 4.78 is 0.464. The molecule has 1 atom stereocenters. The zero-order chi connectivity index (χ0) is 21.8. The molecule has 4 heteroatoms. The number of benzene rings is 2. The van der Waals surface area contributed by atoms with E-state index in [1.165, 1.54) is 16.7 Å². The van der Waals surface area contributed by atoms with Gasteiger partial charge in [0, 0.05) is 0 Å². The first-order valence-corrected chi connectivity index (χ1v) is 15.2. The van der Waals surface area contributed by atoms with Crippen LogP contribution in [-0.4, -0.2) is 8.07 Å². The van der Waals surface area contributed by atoms with Gasteiger partial charge in [0.05, 0.1) is 0 Å². The molecule has 0 saturated carbocycles. The van der Waals surface area contributed by atoms with Gasteiger partial charge in [-0.1, -0.05) is 0 Å². The molecule has 0 bridgehead atoms. The molecule has 0 nitrogen and oxygen atoms in total. The zero-order valence-electron chi connectivity index (χ0n) is 20.5. The van der Waals surface area contributed by atoms with Gasteiger partial charge in [-0.05, 0) is 0 Å². The molecule has 2 aromatic carbocycles. The third kappa shape index (κ3) is 3.59. The van der Waals surface area contributed by atoms with Crippen LogP contribution in [0.3, 0.4) is 0 Å². The van der Waals surface area contributed by atoms with Crippen LogP contribution in [0, 0.1) is 0 Å². The summed E-state index contributed by atoms with van der Waals surface area (Å²) in [6.45, 7) is 19.4. The second kappa shape index (κ2) is 7.99. The molecule has 0 saturated heterocycles. The molecule has 1 heterocycles. The fourth-order valence-electron chi connectivity index (χ4n) is 5.80. The van der Waals surface area contributed by atoms with Crippen molar-refractivity contribution in [3.63, 3.8) is 0 Å². The van der Waals surface area contributed by atoms with Crippen molar-refractivity contribution in [3.05, 3.63) is 64.2 Å². The maximum absolute atomic E-state index is 2.57. The molecule has 1 unspecified atom stereocenters. The van der Waals surface area contributed by atoms with Gasteiger partial charge >= 0.3 is 196 Å². The maximum atomic E-state index is 2.57. The van der Waals surface area contributed by atoms with Crippen molar-refractivity contribution in [2.24, 2.45) is 0 Å². The van der Waals surface area contributed by atoms with E-state index in [-0.39, 0.29) is 35.6 Å². The number of halogens is 2. The smallest absolute Gasteiger partial charge is 1.00 e. The second-order valence-corrected chi connectivity index (χ2v) is 17.1. The number of allylic oxidation sites excluding steroid dienone is 4. The minimum absolute atomic E-state index is 0. The fraction of sp³-hybridized carbons (Fsp3) is 0.429. The Kier molecular flexibility index (Phi) is 6.50. The molecule has 0 fully saturated rings. The largest absolute Gasteiger partial charge is 1.00 e. The Balaban J connectivity index is 0.00000144. The van der Waals surface area contributed by atoms with Crippen molar-refractivity contribution in [3.8, 4) is 11.1 Å². The first-order valence-electron chi connectivity index (χ1n) is 11.3. The van der Waals surface area contributed by atoms with Crippen molar-refractivity contribution >= 4 is 24.0 Å². The minimum Gasteiger partial charge on any atom is -1.00 e. The van der Waals surface area contributed by atoms with Gasteiger partial charge in [-0.15, -0.1) is 0 Å². The van der Waals surface area contributed by atoms with E-state index in [1.807, 2.05) is 0 Å². The van der Waals surface area contributed by atoms with E-state index >= 15 is 0 Å². The molecule has 0 aromatic heterocycles. The molecule has 5 rings (SSSR count). The summed E-state index contributed by atoms with van der Waals surface area (Å²) in [5.74, 6) is 0. The van der Waals surface area contributed by atoms with Crippen LogP contribution in [0.5, 0.6) is 0 Å². The topological polar surface area (TPSA) is 0 Å². The molecule has 167 valence electrons. The van der Waals surface area contributed by atoms with Crippen LogP contribution in [0.25, 0.3) is 16.7 Å². The number of fused-ring (bicyclic) bond motifs is 5. The van der Waals surface area contributed by atoms with Gasteiger partial charge in [0.25, 0.3) is 0 Å². The van der Waals surface area contributed by atoms with Gasteiger partial charge in [-0.2, -0.15) is 0 Å². The van der Waals surface area contributed by atoms with E-state index in [1.54, 1.807) is 38.2 Å². The summed E-state index contributed by atoms with van der Waals surface area (Å²) in [4.78, 5) is 0. The zero-order valence-corrected chi connectivity index (χ0v) is 24.6. The predicted octanol–water partition coefficient (Wildman–Crippen LogP) is 0.386. The molecular weight excluding hydrogens is 483 g/mol. The summed E-state index contributed by atoms with van der Waals surface area (Å²) in [5, 5.41) is 3.52. The average Bonchev–Trinajstić information content (AvgIpc) is 3.02. The van der Waals surface area contributed by atoms with E-state index in [9.17, 15) is 0 Å². The Morgan fingerprint density at radius 2 is 1.56 bits per heavy atom. The monoisotopic (exact) mass is 515 g/mol. The quantitative estimate of drug-likeness (QED) is 0.482. The van der Waals surface area contributed by atoms with E-state index in [2.05, 4.69) is 111 Å². The second-order valence-electron chi connectivity index (χ2n) is 12.0. The first kappa shape index (κ1) is 26.0. The van der Waals surface area contributed by atoms with Gasteiger partial charge < -0.3 is 24.8 Å². The third-order valence-electron chi connectivity index (χ3n) is 7.36. The summed E-state index contributed by atoms with van der Waals surface area (Å²) >= 11 is 2.46. The molecule has 0 N–H and O–H groups in total. The summed E-state index contributed by atoms with van der Waals surface area (Å²) in [5.41, 5.74) is 12.9. The molecular formula is C28H33Cl2SiTi. The van der Waals surface area contributed by atoms with Crippen LogP contribution in [0.15, 0.2) is 36.4 Å². The van der Waals surface area contributed by atoms with Crippen LogP contribution in [0.4, 0.5) is 0 Å². The van der Waals surface area contributed by atoms with Crippen molar-refractivity contribution < 1.29 is 45.2 Å². The molecule has 0 spiro atoms. The molecule has 0 radical (unpaired) electrons. The molecule has 1 aliphatic heterocycles. The number of hydrogen-bond donors (Lipinski definition) is 0.